The number of amides is 2. The van der Waals surface area contributed by atoms with Crippen LogP contribution in [0.1, 0.15) is 4.28 Å². The van der Waals surface area contributed by atoms with E-state index in [0.717, 1.165) is 0 Å². The van der Waals surface area contributed by atoms with Crippen LogP contribution in [0.4, 0.5) is 9.59 Å². The van der Waals surface area contributed by atoms with Crippen LogP contribution in [-0.4, -0.2) is 28.1 Å². The number of hydrogen-bond donors (Lipinski definition) is 5. The number of nitrogens with two attached hydrogens (primary N) is 1. The van der Waals surface area contributed by atoms with Gasteiger partial charge in [-0.25, -0.2) is 0 Å². The molecule has 15 heavy (non-hydrogen) atoms. The molecule has 0 radical (unpaired) electrons. The van der Waals surface area contributed by atoms with Crippen LogP contribution in [0.25, 0.3) is 0 Å². The molecular formula is C4H11N2Na3O4S2. The SMILES string of the molecule is NC(=O)S.O=C(O)CNC(=O)S.[H-].[H-].[H-].[Na+].[Na+].[Na+]. The first-order valence-electron chi connectivity index (χ1n) is 2.53. The molecule has 0 aliphatic heterocycles. The minimum atomic E-state index is -1.08. The van der Waals surface area contributed by atoms with Crippen molar-refractivity contribution in [1.29, 1.82) is 0 Å². The number of primary amides is 1. The summed E-state index contributed by atoms with van der Waals surface area (Å²) >= 11 is 6.36. The largest absolute Gasteiger partial charge is 1.00 e. The van der Waals surface area contributed by atoms with Crippen molar-refractivity contribution >= 4 is 41.7 Å². The summed E-state index contributed by atoms with van der Waals surface area (Å²) in [7, 11) is 0. The number of aliphatic carboxylic acids is 1. The van der Waals surface area contributed by atoms with Gasteiger partial charge in [0.2, 0.25) is 0 Å². The van der Waals surface area contributed by atoms with Crippen LogP contribution in [0.15, 0.2) is 0 Å². The fourth-order valence-corrected chi connectivity index (χ4v) is 0.230. The summed E-state index contributed by atoms with van der Waals surface area (Å²) in [6, 6.07) is 0. The molecule has 0 unspecified atom stereocenters. The zero-order chi connectivity index (χ0) is 10.1. The Balaban J connectivity index is -0.0000000152. The van der Waals surface area contributed by atoms with E-state index in [1.54, 1.807) is 0 Å². The second kappa shape index (κ2) is 21.4. The maximum atomic E-state index is 9.84. The molecule has 0 aliphatic carbocycles. The van der Waals surface area contributed by atoms with Crippen molar-refractivity contribution < 1.29 is 112 Å². The number of carboxylic acids is 1. The number of carbonyl (C=O) groups excluding carboxylic acids is 2. The molecule has 0 rings (SSSR count). The van der Waals surface area contributed by atoms with Crippen LogP contribution < -0.4 is 99.7 Å². The van der Waals surface area contributed by atoms with E-state index in [4.69, 9.17) is 9.90 Å². The topological polar surface area (TPSA) is 109 Å². The van der Waals surface area contributed by atoms with Gasteiger partial charge in [0, 0.05) is 0 Å². The maximum absolute atomic E-state index is 9.84. The first kappa shape index (κ1) is 30.3. The Labute approximate surface area is 169 Å². The predicted octanol–water partition coefficient (Wildman–Crippen LogP) is -8.95. The molecule has 0 aromatic rings. The minimum Gasteiger partial charge on any atom is -1.00 e. The first-order chi connectivity index (χ1) is 5.36. The van der Waals surface area contributed by atoms with Gasteiger partial charge in [-0.15, -0.1) is 0 Å². The van der Waals surface area contributed by atoms with Crippen molar-refractivity contribution in [2.24, 2.45) is 5.73 Å². The smallest absolute Gasteiger partial charge is 1.00 e. The Morgan fingerprint density at radius 1 is 1.20 bits per heavy atom. The van der Waals surface area contributed by atoms with Crippen molar-refractivity contribution in [3.05, 3.63) is 0 Å². The summed E-state index contributed by atoms with van der Waals surface area (Å²) in [5.74, 6) is -1.08. The molecule has 0 aromatic heterocycles. The number of nitrogens with one attached hydrogen (secondary N) is 1. The second-order valence-electron chi connectivity index (χ2n) is 1.39. The Bertz CT molecular complexity index is 188. The van der Waals surface area contributed by atoms with Crippen molar-refractivity contribution in [3.63, 3.8) is 0 Å². The molecule has 2 amide bonds. The van der Waals surface area contributed by atoms with Crippen LogP contribution >= 0.6 is 25.3 Å². The third-order valence-corrected chi connectivity index (χ3v) is 0.549. The van der Waals surface area contributed by atoms with E-state index in [9.17, 15) is 9.59 Å². The van der Waals surface area contributed by atoms with Gasteiger partial charge in [0.05, 0.1) is 0 Å². The maximum Gasteiger partial charge on any atom is 1.00 e. The summed E-state index contributed by atoms with van der Waals surface area (Å²) in [6.45, 7) is -0.373. The normalized spacial score (nSPS) is 6.00. The molecule has 0 aliphatic rings. The monoisotopic (exact) mass is 284 g/mol. The van der Waals surface area contributed by atoms with Crippen molar-refractivity contribution in [3.8, 4) is 0 Å². The van der Waals surface area contributed by atoms with E-state index in [2.05, 4.69) is 31.0 Å². The van der Waals surface area contributed by atoms with Gasteiger partial charge in [-0.2, -0.15) is 0 Å². The molecule has 0 atom stereocenters. The van der Waals surface area contributed by atoms with Gasteiger partial charge >= 0.3 is 94.6 Å². The van der Waals surface area contributed by atoms with E-state index in [-0.39, 0.29) is 99.5 Å². The van der Waals surface area contributed by atoms with Crippen LogP contribution in [0, 0.1) is 0 Å². The van der Waals surface area contributed by atoms with Crippen molar-refractivity contribution in [1.82, 2.24) is 5.32 Å². The standard InChI is InChI=1S/C3H5NO3S.CH3NOS.3Na.3H/c5-2(6)1-4-3(7)8;2-1(3)4;;;;;;/h1H2,(H,5,6)(H2,4,7,8);(H3,2,3,4);;;;;;/q;;3*+1;3*-1. The molecule has 0 bridgehead atoms. The number of hydrogen-bond acceptors (Lipinski definition) is 3. The van der Waals surface area contributed by atoms with Crippen LogP contribution in [0.3, 0.4) is 0 Å². The molecule has 0 aromatic carbocycles. The average molecular weight is 284 g/mol. The van der Waals surface area contributed by atoms with Gasteiger partial charge in [0.25, 0.3) is 10.5 Å². The molecule has 0 fully saturated rings. The van der Waals surface area contributed by atoms with Gasteiger partial charge in [-0.3, -0.25) is 14.4 Å². The van der Waals surface area contributed by atoms with Gasteiger partial charge < -0.3 is 20.4 Å². The summed E-state index contributed by atoms with van der Waals surface area (Å²) in [5, 5.41) is 8.61. The Morgan fingerprint density at radius 2 is 1.47 bits per heavy atom. The Kier molecular flexibility index (Phi) is 43.2. The number of carbonyl (C=O) groups is 3. The molecule has 6 nitrogen and oxygen atoms in total. The van der Waals surface area contributed by atoms with Gasteiger partial charge in [0.1, 0.15) is 6.54 Å². The quantitative estimate of drug-likeness (QED) is 0.256. The molecule has 4 N–H and O–H groups in total. The minimum absolute atomic E-state index is 0. The van der Waals surface area contributed by atoms with E-state index >= 15 is 0 Å². The van der Waals surface area contributed by atoms with Crippen molar-refractivity contribution in [2.75, 3.05) is 6.54 Å². The summed E-state index contributed by atoms with van der Waals surface area (Å²) in [4.78, 5) is 28.6. The second-order valence-corrected chi connectivity index (χ2v) is 2.24. The fraction of sp³-hybridized carbons (Fsp3) is 0.250. The molecule has 76 valence electrons. The molecule has 0 saturated heterocycles. The number of rotatable bonds is 2. The molecule has 11 heteroatoms. The summed E-state index contributed by atoms with van der Waals surface area (Å²) in [6.07, 6.45) is 0. The average Bonchev–Trinajstić information content (AvgIpc) is 1.82. The van der Waals surface area contributed by atoms with E-state index in [0.29, 0.717) is 0 Å². The van der Waals surface area contributed by atoms with Crippen LogP contribution in [-0.2, 0) is 4.79 Å². The van der Waals surface area contributed by atoms with Gasteiger partial charge in [-0.1, -0.05) is 25.3 Å². The van der Waals surface area contributed by atoms with E-state index in [1.807, 2.05) is 5.32 Å². The van der Waals surface area contributed by atoms with Gasteiger partial charge in [-0.05, 0) is 0 Å². The number of carboxylic acid groups (broad SMARTS) is 1. The first-order valence-corrected chi connectivity index (χ1v) is 3.42. The molecule has 0 saturated carbocycles. The van der Waals surface area contributed by atoms with E-state index < -0.39 is 16.4 Å². The molecule has 0 spiro atoms. The number of thiol groups is 2. The summed E-state index contributed by atoms with van der Waals surface area (Å²) < 4.78 is 0. The van der Waals surface area contributed by atoms with Gasteiger partial charge in [0.15, 0.2) is 0 Å². The Morgan fingerprint density at radius 3 is 1.53 bits per heavy atom. The predicted molar refractivity (Wildman–Crippen MR) is 51.9 cm³/mol. The van der Waals surface area contributed by atoms with Crippen molar-refractivity contribution in [2.45, 2.75) is 0 Å². The van der Waals surface area contributed by atoms with Crippen LogP contribution in [0.2, 0.25) is 0 Å². The molecular weight excluding hydrogens is 273 g/mol. The fourth-order valence-electron chi connectivity index (χ4n) is 0.151. The molecule has 0 heterocycles. The zero-order valence-corrected chi connectivity index (χ0v) is 16.6. The third-order valence-electron chi connectivity index (χ3n) is 0.391. The third kappa shape index (κ3) is 63.4. The Hall–Kier alpha value is 2.11. The summed E-state index contributed by atoms with van der Waals surface area (Å²) in [5.41, 5.74) is 4.34. The van der Waals surface area contributed by atoms with Crippen LogP contribution in [0.5, 0.6) is 0 Å². The zero-order valence-electron chi connectivity index (χ0n) is 11.9. The van der Waals surface area contributed by atoms with E-state index in [1.165, 1.54) is 0 Å².